The molecule has 0 aromatic carbocycles. The zero-order valence-electron chi connectivity index (χ0n) is 8.90. The molecule has 1 atom stereocenters. The molecule has 0 aliphatic carbocycles. The maximum absolute atomic E-state index is 9.52. The summed E-state index contributed by atoms with van der Waals surface area (Å²) in [5, 5.41) is 16.8. The molecular formula is C10H15N3O2. The molecule has 5 nitrogen and oxygen atoms in total. The number of aliphatic hydroxyl groups excluding tert-OH is 1. The zero-order valence-corrected chi connectivity index (χ0v) is 8.90. The minimum absolute atomic E-state index is 0.437. The van der Waals surface area contributed by atoms with Gasteiger partial charge in [0.25, 0.3) is 0 Å². The Bertz CT molecular complexity index is 384. The van der Waals surface area contributed by atoms with Gasteiger partial charge in [0.1, 0.15) is 5.69 Å². The van der Waals surface area contributed by atoms with Crippen LogP contribution in [0.3, 0.4) is 0 Å². The number of nitrogens with one attached hydrogen (secondary N) is 1. The summed E-state index contributed by atoms with van der Waals surface area (Å²) < 4.78 is 6.98. The summed E-state index contributed by atoms with van der Waals surface area (Å²) in [6, 6.07) is 0. The number of aliphatic hydroxyl groups is 1. The Morgan fingerprint density at radius 2 is 2.47 bits per heavy atom. The fourth-order valence-corrected chi connectivity index (χ4v) is 1.80. The molecule has 2 rings (SSSR count). The first-order chi connectivity index (χ1) is 7.22. The molecule has 2 heterocycles. The second-order valence-corrected chi connectivity index (χ2v) is 3.58. The molecule has 0 fully saturated rings. The van der Waals surface area contributed by atoms with Crippen molar-refractivity contribution in [2.24, 2.45) is 7.05 Å². The number of ether oxygens (including phenoxy) is 1. The van der Waals surface area contributed by atoms with Gasteiger partial charge in [-0.1, -0.05) is 0 Å². The standard InChI is InChI=1S/C10H15N3O2/c1-13-10(9(15-2)6-12-13)7-3-8(14)5-11-4-7/h3,6,8,11,14H,4-5H2,1-2H3. The molecule has 0 amide bonds. The summed E-state index contributed by atoms with van der Waals surface area (Å²) in [7, 11) is 3.48. The van der Waals surface area contributed by atoms with Crippen LogP contribution in [0.15, 0.2) is 12.3 Å². The second kappa shape index (κ2) is 4.04. The molecule has 1 aromatic rings. The highest BCUT2D eigenvalue weighted by molar-refractivity contribution is 5.70. The molecule has 1 unspecified atom stereocenters. The predicted molar refractivity (Wildman–Crippen MR) is 56.6 cm³/mol. The van der Waals surface area contributed by atoms with Crippen molar-refractivity contribution in [1.82, 2.24) is 15.1 Å². The lowest BCUT2D eigenvalue weighted by atomic mass is 10.1. The lowest BCUT2D eigenvalue weighted by Crippen LogP contribution is -2.32. The molecule has 82 valence electrons. The van der Waals surface area contributed by atoms with E-state index in [9.17, 15) is 5.11 Å². The quantitative estimate of drug-likeness (QED) is 0.706. The van der Waals surface area contributed by atoms with Crippen molar-refractivity contribution in [3.05, 3.63) is 18.0 Å². The Hall–Kier alpha value is -1.33. The van der Waals surface area contributed by atoms with Crippen LogP contribution in [-0.4, -0.2) is 41.2 Å². The van der Waals surface area contributed by atoms with Gasteiger partial charge in [-0.25, -0.2) is 0 Å². The van der Waals surface area contributed by atoms with Crippen LogP contribution in [0, 0.1) is 0 Å². The Morgan fingerprint density at radius 1 is 1.67 bits per heavy atom. The average molecular weight is 209 g/mol. The highest BCUT2D eigenvalue weighted by atomic mass is 16.5. The number of rotatable bonds is 2. The monoisotopic (exact) mass is 209 g/mol. The van der Waals surface area contributed by atoms with Crippen LogP contribution in [0.1, 0.15) is 5.69 Å². The van der Waals surface area contributed by atoms with Crippen molar-refractivity contribution in [2.75, 3.05) is 20.2 Å². The molecule has 1 aliphatic heterocycles. The lowest BCUT2D eigenvalue weighted by molar-refractivity contribution is 0.216. The Labute approximate surface area is 88.4 Å². The minimum Gasteiger partial charge on any atom is -0.493 e. The predicted octanol–water partition coefficient (Wildman–Crippen LogP) is -0.224. The van der Waals surface area contributed by atoms with E-state index in [1.165, 1.54) is 0 Å². The van der Waals surface area contributed by atoms with Gasteiger partial charge in [0.2, 0.25) is 0 Å². The van der Waals surface area contributed by atoms with E-state index >= 15 is 0 Å². The molecule has 1 aliphatic rings. The molecule has 2 N–H and O–H groups in total. The van der Waals surface area contributed by atoms with Gasteiger partial charge >= 0.3 is 0 Å². The van der Waals surface area contributed by atoms with Crippen LogP contribution in [-0.2, 0) is 7.05 Å². The SMILES string of the molecule is COc1cnn(C)c1C1=CC(O)CNC1. The number of methoxy groups -OCH3 is 1. The first kappa shape index (κ1) is 10.2. The largest absolute Gasteiger partial charge is 0.493 e. The number of aryl methyl sites for hydroxylation is 1. The van der Waals surface area contributed by atoms with E-state index in [-0.39, 0.29) is 0 Å². The second-order valence-electron chi connectivity index (χ2n) is 3.58. The lowest BCUT2D eigenvalue weighted by Gasteiger charge is -2.19. The molecule has 0 radical (unpaired) electrons. The molecule has 0 spiro atoms. The highest BCUT2D eigenvalue weighted by Crippen LogP contribution is 2.26. The third-order valence-electron chi connectivity index (χ3n) is 2.49. The van der Waals surface area contributed by atoms with Gasteiger partial charge in [-0.05, 0) is 11.6 Å². The van der Waals surface area contributed by atoms with Crippen molar-refractivity contribution in [2.45, 2.75) is 6.10 Å². The van der Waals surface area contributed by atoms with Crippen molar-refractivity contribution < 1.29 is 9.84 Å². The molecule has 15 heavy (non-hydrogen) atoms. The summed E-state index contributed by atoms with van der Waals surface area (Å²) in [5.41, 5.74) is 1.94. The molecule has 0 saturated carbocycles. The summed E-state index contributed by atoms with van der Waals surface area (Å²) >= 11 is 0. The summed E-state index contributed by atoms with van der Waals surface area (Å²) in [6.45, 7) is 1.33. The summed E-state index contributed by atoms with van der Waals surface area (Å²) in [6.07, 6.45) is 3.08. The Balaban J connectivity index is 2.39. The fourth-order valence-electron chi connectivity index (χ4n) is 1.80. The third kappa shape index (κ3) is 1.88. The van der Waals surface area contributed by atoms with Gasteiger partial charge < -0.3 is 15.2 Å². The van der Waals surface area contributed by atoms with Gasteiger partial charge in [0.05, 0.1) is 19.4 Å². The molecule has 1 aromatic heterocycles. The van der Waals surface area contributed by atoms with Crippen molar-refractivity contribution in [3.63, 3.8) is 0 Å². The summed E-state index contributed by atoms with van der Waals surface area (Å²) in [4.78, 5) is 0. The Kier molecular flexibility index (Phi) is 2.75. The number of β-amino-alcohol motifs (C(OH)–C–C–N with tert-alkyl or cyclic N) is 1. The zero-order chi connectivity index (χ0) is 10.8. The molecule has 0 bridgehead atoms. The van der Waals surface area contributed by atoms with Crippen LogP contribution in [0.4, 0.5) is 0 Å². The first-order valence-electron chi connectivity index (χ1n) is 4.88. The van der Waals surface area contributed by atoms with E-state index in [2.05, 4.69) is 10.4 Å². The van der Waals surface area contributed by atoms with E-state index in [4.69, 9.17) is 4.74 Å². The topological polar surface area (TPSA) is 59.3 Å². The molecule has 5 heteroatoms. The van der Waals surface area contributed by atoms with Gasteiger partial charge in [-0.2, -0.15) is 5.10 Å². The van der Waals surface area contributed by atoms with Crippen LogP contribution in [0.2, 0.25) is 0 Å². The van der Waals surface area contributed by atoms with Crippen molar-refractivity contribution >= 4 is 5.57 Å². The average Bonchev–Trinajstić information content (AvgIpc) is 2.59. The molecule has 0 saturated heterocycles. The van der Waals surface area contributed by atoms with E-state index in [0.717, 1.165) is 23.6 Å². The van der Waals surface area contributed by atoms with Crippen molar-refractivity contribution in [1.29, 1.82) is 0 Å². The smallest absolute Gasteiger partial charge is 0.164 e. The van der Waals surface area contributed by atoms with E-state index < -0.39 is 6.10 Å². The van der Waals surface area contributed by atoms with Gasteiger partial charge in [-0.3, -0.25) is 4.68 Å². The third-order valence-corrected chi connectivity index (χ3v) is 2.49. The van der Waals surface area contributed by atoms with Gasteiger partial charge in [0.15, 0.2) is 5.75 Å². The maximum atomic E-state index is 9.52. The minimum atomic E-state index is -0.437. The first-order valence-corrected chi connectivity index (χ1v) is 4.88. The van der Waals surface area contributed by atoms with Crippen LogP contribution in [0.5, 0.6) is 5.75 Å². The van der Waals surface area contributed by atoms with Crippen LogP contribution in [0.25, 0.3) is 5.57 Å². The van der Waals surface area contributed by atoms with Crippen LogP contribution < -0.4 is 10.1 Å². The van der Waals surface area contributed by atoms with E-state index in [1.807, 2.05) is 13.1 Å². The highest BCUT2D eigenvalue weighted by Gasteiger charge is 2.18. The van der Waals surface area contributed by atoms with Crippen LogP contribution >= 0.6 is 0 Å². The Morgan fingerprint density at radius 3 is 3.13 bits per heavy atom. The number of hydrogen-bond donors (Lipinski definition) is 2. The normalized spacial score (nSPS) is 21.3. The number of nitrogens with zero attached hydrogens (tertiary/aromatic N) is 2. The number of aromatic nitrogens is 2. The molecular weight excluding hydrogens is 194 g/mol. The maximum Gasteiger partial charge on any atom is 0.164 e. The van der Waals surface area contributed by atoms with Gasteiger partial charge in [-0.15, -0.1) is 0 Å². The summed E-state index contributed by atoms with van der Waals surface area (Å²) in [5.74, 6) is 0.736. The van der Waals surface area contributed by atoms with Crippen molar-refractivity contribution in [3.8, 4) is 5.75 Å². The fraction of sp³-hybridized carbons (Fsp3) is 0.500. The van der Waals surface area contributed by atoms with E-state index in [0.29, 0.717) is 6.54 Å². The van der Waals surface area contributed by atoms with Gasteiger partial charge in [0, 0.05) is 20.1 Å². The number of hydrogen-bond acceptors (Lipinski definition) is 4. The van der Waals surface area contributed by atoms with E-state index in [1.54, 1.807) is 18.0 Å².